The van der Waals surface area contributed by atoms with Crippen molar-refractivity contribution in [2.24, 2.45) is 0 Å². The van der Waals surface area contributed by atoms with Gasteiger partial charge in [0.2, 0.25) is 0 Å². The van der Waals surface area contributed by atoms with Gasteiger partial charge in [-0.3, -0.25) is 4.68 Å². The molecule has 0 bridgehead atoms. The molecular formula is C7H14N4O2. The molecule has 0 atom stereocenters. The molecule has 0 aliphatic carbocycles. The van der Waals surface area contributed by atoms with Gasteiger partial charge in [-0.1, -0.05) is 0 Å². The first-order chi connectivity index (χ1) is 6.20. The van der Waals surface area contributed by atoms with E-state index in [1.807, 2.05) is 0 Å². The summed E-state index contributed by atoms with van der Waals surface area (Å²) in [5.41, 5.74) is 12.2. The third-order valence-corrected chi connectivity index (χ3v) is 1.79. The fraction of sp³-hybridized carbons (Fsp3) is 0.571. The van der Waals surface area contributed by atoms with Crippen molar-refractivity contribution in [1.82, 2.24) is 9.78 Å². The Morgan fingerprint density at radius 2 is 1.92 bits per heavy atom. The number of nitrogens with two attached hydrogens (primary N) is 2. The molecule has 6 N–H and O–H groups in total. The summed E-state index contributed by atoms with van der Waals surface area (Å²) in [6.45, 7) is 0.302. The Hall–Kier alpha value is -1.27. The lowest BCUT2D eigenvalue weighted by Gasteiger charge is -2.03. The lowest BCUT2D eigenvalue weighted by atomic mass is 10.3. The summed E-state index contributed by atoms with van der Waals surface area (Å²) in [6.07, 6.45) is 0.399. The van der Waals surface area contributed by atoms with Gasteiger partial charge in [0.1, 0.15) is 0 Å². The molecule has 0 saturated heterocycles. The lowest BCUT2D eigenvalue weighted by Crippen LogP contribution is -2.10. The third-order valence-electron chi connectivity index (χ3n) is 1.79. The summed E-state index contributed by atoms with van der Waals surface area (Å²) in [5, 5.41) is 21.4. The van der Waals surface area contributed by atoms with E-state index in [9.17, 15) is 0 Å². The van der Waals surface area contributed by atoms with Crippen molar-refractivity contribution in [2.45, 2.75) is 13.0 Å². The third kappa shape index (κ3) is 1.90. The normalized spacial score (nSPS) is 10.6. The van der Waals surface area contributed by atoms with Crippen LogP contribution >= 0.6 is 0 Å². The van der Waals surface area contributed by atoms with E-state index in [1.165, 1.54) is 4.68 Å². The smallest absolute Gasteiger partial charge is 0.169 e. The Bertz CT molecular complexity index is 284. The summed E-state index contributed by atoms with van der Waals surface area (Å²) in [5.74, 6) is 0.247. The predicted molar refractivity (Wildman–Crippen MR) is 48.9 cm³/mol. The van der Waals surface area contributed by atoms with Gasteiger partial charge in [-0.25, -0.2) is 0 Å². The molecule has 6 nitrogen and oxygen atoms in total. The Labute approximate surface area is 75.8 Å². The number of hydrogen-bond donors (Lipinski definition) is 4. The minimum atomic E-state index is -0.0288. The van der Waals surface area contributed by atoms with Crippen LogP contribution < -0.4 is 11.5 Å². The van der Waals surface area contributed by atoms with Crippen LogP contribution in [-0.4, -0.2) is 33.2 Å². The maximum atomic E-state index is 8.75. The highest BCUT2D eigenvalue weighted by Gasteiger charge is 2.11. The van der Waals surface area contributed by atoms with E-state index in [-0.39, 0.29) is 19.0 Å². The Morgan fingerprint density at radius 3 is 2.46 bits per heavy atom. The molecule has 0 aromatic carbocycles. The molecule has 6 heteroatoms. The minimum absolute atomic E-state index is 0.0131. The summed E-state index contributed by atoms with van der Waals surface area (Å²) in [4.78, 5) is 0. The van der Waals surface area contributed by atoms with Crippen LogP contribution in [0.2, 0.25) is 0 Å². The maximum absolute atomic E-state index is 8.75. The molecule has 0 aliphatic rings. The van der Waals surface area contributed by atoms with E-state index in [0.717, 1.165) is 0 Å². The summed E-state index contributed by atoms with van der Waals surface area (Å²) < 4.78 is 1.51. The van der Waals surface area contributed by atoms with E-state index in [2.05, 4.69) is 5.10 Å². The molecule has 1 aromatic rings. The lowest BCUT2D eigenvalue weighted by molar-refractivity contribution is 0.262. The molecule has 0 amide bonds. The van der Waals surface area contributed by atoms with Crippen LogP contribution in [0.3, 0.4) is 0 Å². The summed E-state index contributed by atoms with van der Waals surface area (Å²) >= 11 is 0. The first-order valence-corrected chi connectivity index (χ1v) is 4.03. The van der Waals surface area contributed by atoms with Crippen LogP contribution in [0, 0.1) is 0 Å². The second-order valence-corrected chi connectivity index (χ2v) is 2.67. The zero-order chi connectivity index (χ0) is 9.84. The van der Waals surface area contributed by atoms with Gasteiger partial charge in [0.15, 0.2) is 5.82 Å². The minimum Gasteiger partial charge on any atom is -0.396 e. The van der Waals surface area contributed by atoms with Gasteiger partial charge in [-0.15, -0.1) is 0 Å². The molecule has 0 unspecified atom stereocenters. The monoisotopic (exact) mass is 186 g/mol. The van der Waals surface area contributed by atoms with Gasteiger partial charge in [-0.05, 0) is 0 Å². The number of aliphatic hydroxyl groups excluding tert-OH is 2. The topological polar surface area (TPSA) is 110 Å². The second-order valence-electron chi connectivity index (χ2n) is 2.67. The largest absolute Gasteiger partial charge is 0.396 e. The average molecular weight is 186 g/mol. The zero-order valence-electron chi connectivity index (χ0n) is 7.27. The molecule has 0 aliphatic heterocycles. The van der Waals surface area contributed by atoms with Gasteiger partial charge in [0, 0.05) is 13.0 Å². The molecule has 74 valence electrons. The standard InChI is InChI=1S/C7H14N4O2/c8-6-5(1-3-12)11(2-4-13)10-7(6)9/h12-13H,1-4,8H2,(H2,9,10). The van der Waals surface area contributed by atoms with Crippen LogP contribution in [0.4, 0.5) is 11.5 Å². The number of aromatic nitrogens is 2. The highest BCUT2D eigenvalue weighted by molar-refractivity contribution is 5.61. The molecule has 1 aromatic heterocycles. The highest BCUT2D eigenvalue weighted by atomic mass is 16.3. The predicted octanol–water partition coefficient (Wildman–Crippen LogP) is -1.43. The van der Waals surface area contributed by atoms with Gasteiger partial charge < -0.3 is 21.7 Å². The average Bonchev–Trinajstić information content (AvgIpc) is 2.34. The highest BCUT2D eigenvalue weighted by Crippen LogP contribution is 2.19. The number of hydrogen-bond acceptors (Lipinski definition) is 5. The quantitative estimate of drug-likeness (QED) is 0.461. The van der Waals surface area contributed by atoms with Crippen molar-refractivity contribution in [3.63, 3.8) is 0 Å². The van der Waals surface area contributed by atoms with E-state index in [4.69, 9.17) is 21.7 Å². The molecule has 1 heterocycles. The molecule has 13 heavy (non-hydrogen) atoms. The zero-order valence-corrected chi connectivity index (χ0v) is 7.27. The Kier molecular flexibility index (Phi) is 3.10. The molecule has 0 radical (unpaired) electrons. The molecule has 0 spiro atoms. The van der Waals surface area contributed by atoms with Crippen molar-refractivity contribution in [3.8, 4) is 0 Å². The van der Waals surface area contributed by atoms with Crippen molar-refractivity contribution in [2.75, 3.05) is 24.7 Å². The fourth-order valence-corrected chi connectivity index (χ4v) is 1.18. The van der Waals surface area contributed by atoms with Crippen LogP contribution in [0.1, 0.15) is 5.69 Å². The number of nitrogen functional groups attached to an aromatic ring is 2. The van der Waals surface area contributed by atoms with Gasteiger partial charge in [0.05, 0.1) is 24.5 Å². The summed E-state index contributed by atoms with van der Waals surface area (Å²) in [7, 11) is 0. The number of anilines is 2. The van der Waals surface area contributed by atoms with Crippen molar-refractivity contribution in [3.05, 3.63) is 5.69 Å². The van der Waals surface area contributed by atoms with Crippen LogP contribution in [-0.2, 0) is 13.0 Å². The second kappa shape index (κ2) is 4.11. The van der Waals surface area contributed by atoms with Crippen molar-refractivity contribution in [1.29, 1.82) is 0 Å². The fourth-order valence-electron chi connectivity index (χ4n) is 1.18. The summed E-state index contributed by atoms with van der Waals surface area (Å²) in [6, 6.07) is 0. The molecule has 1 rings (SSSR count). The number of rotatable bonds is 4. The van der Waals surface area contributed by atoms with Gasteiger partial charge >= 0.3 is 0 Å². The van der Waals surface area contributed by atoms with E-state index >= 15 is 0 Å². The van der Waals surface area contributed by atoms with Crippen molar-refractivity contribution >= 4 is 11.5 Å². The number of nitrogens with zero attached hydrogens (tertiary/aromatic N) is 2. The SMILES string of the molecule is Nc1nn(CCO)c(CCO)c1N. The van der Waals surface area contributed by atoms with E-state index in [0.29, 0.717) is 24.3 Å². The van der Waals surface area contributed by atoms with Gasteiger partial charge in [-0.2, -0.15) is 5.10 Å². The van der Waals surface area contributed by atoms with Crippen LogP contribution in [0.5, 0.6) is 0 Å². The van der Waals surface area contributed by atoms with E-state index in [1.54, 1.807) is 0 Å². The van der Waals surface area contributed by atoms with Gasteiger partial charge in [0.25, 0.3) is 0 Å². The van der Waals surface area contributed by atoms with Crippen molar-refractivity contribution < 1.29 is 10.2 Å². The van der Waals surface area contributed by atoms with E-state index < -0.39 is 0 Å². The molecular weight excluding hydrogens is 172 g/mol. The Balaban J connectivity index is 2.96. The first-order valence-electron chi connectivity index (χ1n) is 4.03. The van der Waals surface area contributed by atoms with Crippen LogP contribution in [0.15, 0.2) is 0 Å². The number of aliphatic hydroxyl groups is 2. The molecule has 0 fully saturated rings. The maximum Gasteiger partial charge on any atom is 0.169 e. The molecule has 0 saturated carbocycles. The Morgan fingerprint density at radius 1 is 1.23 bits per heavy atom. The first kappa shape index (κ1) is 9.82. The van der Waals surface area contributed by atoms with Crippen LogP contribution in [0.25, 0.3) is 0 Å².